The predicted molar refractivity (Wildman–Crippen MR) is 104 cm³/mol. The zero-order valence-electron chi connectivity index (χ0n) is 14.7. The molecule has 2 N–H and O–H groups in total. The highest BCUT2D eigenvalue weighted by molar-refractivity contribution is 6.45. The average Bonchev–Trinajstić information content (AvgIpc) is 2.99. The highest BCUT2D eigenvalue weighted by atomic mass is 35.5. The van der Waals surface area contributed by atoms with E-state index in [0.29, 0.717) is 26.7 Å². The van der Waals surface area contributed by atoms with Gasteiger partial charge in [0.25, 0.3) is 5.91 Å². The lowest BCUT2D eigenvalue weighted by Gasteiger charge is -2.42. The fraction of sp³-hybridized carbons (Fsp3) is 0.211. The number of rotatable bonds is 4. The van der Waals surface area contributed by atoms with E-state index < -0.39 is 11.5 Å². The molecule has 0 bridgehead atoms. The van der Waals surface area contributed by atoms with E-state index >= 15 is 0 Å². The molecule has 1 aliphatic heterocycles. The van der Waals surface area contributed by atoms with Crippen molar-refractivity contribution in [1.82, 2.24) is 14.9 Å². The number of carbonyl (C=O) groups is 2. The first-order valence-electron chi connectivity index (χ1n) is 8.36. The molecular formula is C19H15Cl2N3O4. The van der Waals surface area contributed by atoms with Gasteiger partial charge in [-0.3, -0.25) is 4.79 Å². The van der Waals surface area contributed by atoms with Crippen molar-refractivity contribution in [3.63, 3.8) is 0 Å². The van der Waals surface area contributed by atoms with Crippen LogP contribution in [0.2, 0.25) is 10.0 Å². The van der Waals surface area contributed by atoms with E-state index in [0.717, 1.165) is 5.52 Å². The molecule has 1 aromatic carbocycles. The second-order valence-corrected chi connectivity index (χ2v) is 7.43. The van der Waals surface area contributed by atoms with Crippen molar-refractivity contribution in [3.8, 4) is 0 Å². The van der Waals surface area contributed by atoms with Crippen molar-refractivity contribution < 1.29 is 19.4 Å². The fourth-order valence-electron chi connectivity index (χ4n) is 3.27. The first-order valence-corrected chi connectivity index (χ1v) is 9.11. The number of halogens is 2. The number of carbonyl (C=O) groups excluding carboxylic acids is 1. The lowest BCUT2D eigenvalue weighted by Crippen LogP contribution is -2.59. The number of aromatic nitrogens is 2. The largest absolute Gasteiger partial charge is 0.477 e. The Morgan fingerprint density at radius 1 is 1.25 bits per heavy atom. The van der Waals surface area contributed by atoms with Crippen LogP contribution >= 0.6 is 23.2 Å². The molecule has 7 nitrogen and oxygen atoms in total. The minimum absolute atomic E-state index is 0.0642. The predicted octanol–water partition coefficient (Wildman–Crippen LogP) is 3.23. The molecule has 1 amide bonds. The summed E-state index contributed by atoms with van der Waals surface area (Å²) in [5, 5.41) is 13.5. The molecule has 144 valence electrons. The summed E-state index contributed by atoms with van der Waals surface area (Å²) in [6.45, 7) is 0.534. The van der Waals surface area contributed by atoms with Crippen LogP contribution in [0.3, 0.4) is 0 Å². The molecule has 0 spiro atoms. The molecule has 28 heavy (non-hydrogen) atoms. The van der Waals surface area contributed by atoms with Crippen molar-refractivity contribution in [1.29, 1.82) is 0 Å². The second-order valence-electron chi connectivity index (χ2n) is 6.65. The van der Waals surface area contributed by atoms with Gasteiger partial charge in [0.2, 0.25) is 0 Å². The van der Waals surface area contributed by atoms with Gasteiger partial charge in [-0.2, -0.15) is 0 Å². The molecule has 3 heterocycles. The van der Waals surface area contributed by atoms with Crippen LogP contribution in [0.25, 0.3) is 10.9 Å². The highest BCUT2D eigenvalue weighted by Crippen LogP contribution is 2.34. The Morgan fingerprint density at radius 2 is 2.00 bits per heavy atom. The van der Waals surface area contributed by atoms with E-state index in [2.05, 4.69) is 10.3 Å². The topological polar surface area (TPSA) is 93.5 Å². The number of amides is 1. The van der Waals surface area contributed by atoms with Crippen molar-refractivity contribution in [3.05, 3.63) is 63.5 Å². The molecule has 0 unspecified atom stereocenters. The molecule has 0 atom stereocenters. The molecule has 1 fully saturated rings. The molecule has 1 saturated heterocycles. The smallest absolute Gasteiger partial charge is 0.354 e. The molecule has 0 radical (unpaired) electrons. The lowest BCUT2D eigenvalue weighted by molar-refractivity contribution is -0.0736. The van der Waals surface area contributed by atoms with Gasteiger partial charge in [-0.15, -0.1) is 0 Å². The van der Waals surface area contributed by atoms with Gasteiger partial charge in [0.1, 0.15) is 16.9 Å². The van der Waals surface area contributed by atoms with Crippen LogP contribution in [-0.4, -0.2) is 39.7 Å². The Bertz CT molecular complexity index is 1100. The number of hydrogen-bond donors (Lipinski definition) is 2. The van der Waals surface area contributed by atoms with Gasteiger partial charge < -0.3 is 19.7 Å². The number of aryl methyl sites for hydroxylation is 1. The number of ether oxygens (including phenoxy) is 1. The van der Waals surface area contributed by atoms with Crippen LogP contribution < -0.4 is 5.32 Å². The van der Waals surface area contributed by atoms with Gasteiger partial charge in [0, 0.05) is 29.7 Å². The zero-order valence-corrected chi connectivity index (χ0v) is 16.2. The van der Waals surface area contributed by atoms with E-state index in [1.54, 1.807) is 35.9 Å². The van der Waals surface area contributed by atoms with Gasteiger partial charge in [-0.05, 0) is 24.3 Å². The van der Waals surface area contributed by atoms with Gasteiger partial charge in [-0.25, -0.2) is 9.78 Å². The summed E-state index contributed by atoms with van der Waals surface area (Å²) in [4.78, 5) is 27.9. The molecule has 3 aromatic rings. The van der Waals surface area contributed by atoms with Crippen LogP contribution in [-0.2, 0) is 17.3 Å². The van der Waals surface area contributed by atoms with Gasteiger partial charge in [-0.1, -0.05) is 29.3 Å². The Kier molecular flexibility index (Phi) is 4.53. The maximum absolute atomic E-state index is 13.0. The highest BCUT2D eigenvalue weighted by Gasteiger charge is 2.42. The summed E-state index contributed by atoms with van der Waals surface area (Å²) in [6.07, 6.45) is 1.45. The number of nitrogens with zero attached hydrogens (tertiary/aromatic N) is 2. The first-order chi connectivity index (χ1) is 13.3. The van der Waals surface area contributed by atoms with E-state index in [-0.39, 0.29) is 24.8 Å². The standard InChI is InChI=1S/C19H15Cl2N3O4/c1-24-14-5-3-12(20)16(21)11(14)6-15(24)17(25)23-19(8-28-9-19)10-2-4-13(18(26)27)22-7-10/h2-7H,8-9H2,1H3,(H,23,25)(H,26,27). The Labute approximate surface area is 169 Å². The van der Waals surface area contributed by atoms with Crippen molar-refractivity contribution in [2.75, 3.05) is 13.2 Å². The quantitative estimate of drug-likeness (QED) is 0.676. The van der Waals surface area contributed by atoms with Crippen LogP contribution in [0.1, 0.15) is 26.5 Å². The van der Waals surface area contributed by atoms with Crippen molar-refractivity contribution in [2.45, 2.75) is 5.54 Å². The molecule has 0 aliphatic carbocycles. The van der Waals surface area contributed by atoms with E-state index in [4.69, 9.17) is 33.0 Å². The van der Waals surface area contributed by atoms with Gasteiger partial charge in [0.15, 0.2) is 0 Å². The third-order valence-corrected chi connectivity index (χ3v) is 5.75. The second kappa shape index (κ2) is 6.77. The number of fused-ring (bicyclic) bond motifs is 1. The first kappa shape index (κ1) is 18.7. The monoisotopic (exact) mass is 419 g/mol. The summed E-state index contributed by atoms with van der Waals surface area (Å²) in [5.41, 5.74) is 1.05. The minimum Gasteiger partial charge on any atom is -0.477 e. The fourth-order valence-corrected chi connectivity index (χ4v) is 3.65. The van der Waals surface area contributed by atoms with Crippen LogP contribution in [0, 0.1) is 0 Å². The third-order valence-electron chi connectivity index (χ3n) is 4.93. The van der Waals surface area contributed by atoms with E-state index in [1.807, 2.05) is 0 Å². The van der Waals surface area contributed by atoms with Crippen LogP contribution in [0.5, 0.6) is 0 Å². The Morgan fingerprint density at radius 3 is 2.57 bits per heavy atom. The number of carboxylic acid groups (broad SMARTS) is 1. The Balaban J connectivity index is 1.67. The number of carboxylic acids is 1. The number of nitrogens with one attached hydrogen (secondary N) is 1. The van der Waals surface area contributed by atoms with Crippen LogP contribution in [0.15, 0.2) is 36.5 Å². The summed E-state index contributed by atoms with van der Waals surface area (Å²) in [5.74, 6) is -1.42. The number of aromatic carboxylic acids is 1. The summed E-state index contributed by atoms with van der Waals surface area (Å²) in [6, 6.07) is 8.22. The zero-order chi connectivity index (χ0) is 20.1. The van der Waals surface area contributed by atoms with E-state index in [1.165, 1.54) is 12.3 Å². The number of benzene rings is 1. The molecule has 4 rings (SSSR count). The number of hydrogen-bond acceptors (Lipinski definition) is 4. The summed E-state index contributed by atoms with van der Waals surface area (Å²) >= 11 is 12.3. The molecule has 0 saturated carbocycles. The van der Waals surface area contributed by atoms with E-state index in [9.17, 15) is 9.59 Å². The van der Waals surface area contributed by atoms with Crippen molar-refractivity contribution in [2.24, 2.45) is 7.05 Å². The normalized spacial score (nSPS) is 15.2. The third kappa shape index (κ3) is 2.92. The average molecular weight is 420 g/mol. The Hall–Kier alpha value is -2.61. The SMILES string of the molecule is Cn1c(C(=O)NC2(c3ccc(C(=O)O)nc3)COC2)cc2c(Cl)c(Cl)ccc21. The molecular weight excluding hydrogens is 405 g/mol. The summed E-state index contributed by atoms with van der Waals surface area (Å²) in [7, 11) is 1.77. The van der Waals surface area contributed by atoms with Gasteiger partial charge in [0.05, 0.1) is 23.3 Å². The number of pyridine rings is 1. The molecule has 1 aliphatic rings. The summed E-state index contributed by atoms with van der Waals surface area (Å²) < 4.78 is 7.07. The van der Waals surface area contributed by atoms with Crippen molar-refractivity contribution >= 4 is 46.0 Å². The maximum atomic E-state index is 13.0. The maximum Gasteiger partial charge on any atom is 0.354 e. The minimum atomic E-state index is -1.11. The molecule has 9 heteroatoms. The van der Waals surface area contributed by atoms with Gasteiger partial charge >= 0.3 is 5.97 Å². The molecule has 2 aromatic heterocycles. The van der Waals surface area contributed by atoms with Crippen LogP contribution in [0.4, 0.5) is 0 Å². The lowest BCUT2D eigenvalue weighted by atomic mass is 9.88.